The number of nitrogens with zero attached hydrogens (tertiary/aromatic N) is 3. The van der Waals surface area contributed by atoms with Gasteiger partial charge in [-0.2, -0.15) is 0 Å². The zero-order valence-corrected chi connectivity index (χ0v) is 13.2. The van der Waals surface area contributed by atoms with Crippen molar-refractivity contribution in [1.29, 1.82) is 0 Å². The summed E-state index contributed by atoms with van der Waals surface area (Å²) in [7, 11) is 0. The first-order chi connectivity index (χ1) is 10.1. The summed E-state index contributed by atoms with van der Waals surface area (Å²) < 4.78 is 7.79. The van der Waals surface area contributed by atoms with E-state index in [2.05, 4.69) is 39.7 Å². The number of rotatable bonds is 4. The van der Waals surface area contributed by atoms with E-state index in [0.717, 1.165) is 29.0 Å². The molecule has 0 spiro atoms. The minimum Gasteiger partial charge on any atom is -0.444 e. The van der Waals surface area contributed by atoms with Gasteiger partial charge in [-0.1, -0.05) is 13.0 Å². The first kappa shape index (κ1) is 14.1. The van der Waals surface area contributed by atoms with Crippen LogP contribution in [-0.4, -0.2) is 14.5 Å². The highest BCUT2D eigenvalue weighted by atomic mass is 35.5. The number of aryl methyl sites for hydroxylation is 2. The molecular formula is C16H18ClN3O. The number of imidazole rings is 1. The van der Waals surface area contributed by atoms with Gasteiger partial charge in [-0.25, -0.2) is 9.97 Å². The molecule has 0 aliphatic carbocycles. The quantitative estimate of drug-likeness (QED) is 0.677. The summed E-state index contributed by atoms with van der Waals surface area (Å²) in [6.07, 6.45) is 2.62. The predicted octanol–water partition coefficient (Wildman–Crippen LogP) is 4.24. The van der Waals surface area contributed by atoms with Crippen molar-refractivity contribution in [3.05, 3.63) is 47.4 Å². The lowest BCUT2D eigenvalue weighted by molar-refractivity contribution is 0.445. The number of benzene rings is 1. The predicted molar refractivity (Wildman–Crippen MR) is 83.7 cm³/mol. The van der Waals surface area contributed by atoms with Crippen molar-refractivity contribution < 1.29 is 4.42 Å². The van der Waals surface area contributed by atoms with E-state index in [1.54, 1.807) is 6.20 Å². The molecule has 0 radical (unpaired) electrons. The Balaban J connectivity index is 2.08. The molecule has 21 heavy (non-hydrogen) atoms. The molecule has 1 aromatic carbocycles. The van der Waals surface area contributed by atoms with E-state index in [1.807, 2.05) is 13.8 Å². The Morgan fingerprint density at radius 3 is 2.86 bits per heavy atom. The van der Waals surface area contributed by atoms with Crippen molar-refractivity contribution >= 4 is 22.6 Å². The second-order valence-electron chi connectivity index (χ2n) is 5.24. The van der Waals surface area contributed by atoms with Crippen molar-refractivity contribution in [3.8, 4) is 0 Å². The van der Waals surface area contributed by atoms with Crippen molar-refractivity contribution in [2.45, 2.75) is 39.1 Å². The standard InChI is InChI=1S/C16H18ClN3O/c1-4-12-8-18-15(21-12)9-20-14-6-5-10(2)7-13(14)19-16(20)11(3)17/h5-8,11H,4,9H2,1-3H3. The first-order valence-corrected chi connectivity index (χ1v) is 7.56. The number of hydrogen-bond acceptors (Lipinski definition) is 3. The molecule has 0 aliphatic heterocycles. The molecule has 3 aromatic rings. The fourth-order valence-electron chi connectivity index (χ4n) is 2.45. The van der Waals surface area contributed by atoms with Crippen LogP contribution in [0.25, 0.3) is 11.0 Å². The molecule has 3 rings (SSSR count). The maximum Gasteiger partial charge on any atom is 0.214 e. The van der Waals surface area contributed by atoms with E-state index in [0.29, 0.717) is 12.4 Å². The van der Waals surface area contributed by atoms with Gasteiger partial charge in [0.25, 0.3) is 0 Å². The minimum atomic E-state index is -0.168. The van der Waals surface area contributed by atoms with Gasteiger partial charge in [0, 0.05) is 6.42 Å². The molecule has 0 amide bonds. The minimum absolute atomic E-state index is 0.168. The molecule has 2 heterocycles. The second kappa shape index (κ2) is 5.53. The average Bonchev–Trinajstić information content (AvgIpc) is 3.04. The number of alkyl halides is 1. The molecule has 0 bridgehead atoms. The van der Waals surface area contributed by atoms with E-state index >= 15 is 0 Å². The van der Waals surface area contributed by atoms with Crippen LogP contribution in [0.5, 0.6) is 0 Å². The zero-order valence-electron chi connectivity index (χ0n) is 12.4. The van der Waals surface area contributed by atoms with Gasteiger partial charge in [-0.15, -0.1) is 11.6 Å². The van der Waals surface area contributed by atoms with Crippen molar-refractivity contribution in [2.24, 2.45) is 0 Å². The third-order valence-corrected chi connectivity index (χ3v) is 3.73. The lowest BCUT2D eigenvalue weighted by Crippen LogP contribution is -2.06. The van der Waals surface area contributed by atoms with Gasteiger partial charge in [0.1, 0.15) is 18.1 Å². The van der Waals surface area contributed by atoms with Crippen LogP contribution in [0.2, 0.25) is 0 Å². The lowest BCUT2D eigenvalue weighted by atomic mass is 10.2. The Morgan fingerprint density at radius 1 is 1.38 bits per heavy atom. The van der Waals surface area contributed by atoms with Crippen LogP contribution in [0.4, 0.5) is 0 Å². The van der Waals surface area contributed by atoms with Gasteiger partial charge in [0.05, 0.1) is 22.6 Å². The van der Waals surface area contributed by atoms with E-state index in [9.17, 15) is 0 Å². The van der Waals surface area contributed by atoms with E-state index < -0.39 is 0 Å². The number of aromatic nitrogens is 3. The van der Waals surface area contributed by atoms with E-state index in [1.165, 1.54) is 5.56 Å². The highest BCUT2D eigenvalue weighted by molar-refractivity contribution is 6.20. The van der Waals surface area contributed by atoms with Gasteiger partial charge in [-0.05, 0) is 31.5 Å². The Morgan fingerprint density at radius 2 is 2.19 bits per heavy atom. The zero-order chi connectivity index (χ0) is 15.0. The number of halogens is 1. The Hall–Kier alpha value is -1.81. The normalized spacial score (nSPS) is 13.0. The van der Waals surface area contributed by atoms with Crippen LogP contribution in [0.3, 0.4) is 0 Å². The number of oxazole rings is 1. The highest BCUT2D eigenvalue weighted by Gasteiger charge is 2.17. The summed E-state index contributed by atoms with van der Waals surface area (Å²) in [6, 6.07) is 6.22. The average molecular weight is 304 g/mol. The van der Waals surface area contributed by atoms with E-state index in [4.69, 9.17) is 16.0 Å². The third kappa shape index (κ3) is 2.68. The van der Waals surface area contributed by atoms with Gasteiger partial charge in [0.15, 0.2) is 0 Å². The number of fused-ring (bicyclic) bond motifs is 1. The lowest BCUT2D eigenvalue weighted by Gasteiger charge is -2.08. The molecule has 1 unspecified atom stereocenters. The van der Waals surface area contributed by atoms with Gasteiger partial charge in [-0.3, -0.25) is 0 Å². The first-order valence-electron chi connectivity index (χ1n) is 7.13. The SMILES string of the molecule is CCc1cnc(Cn2c(C(C)Cl)nc3cc(C)ccc32)o1. The van der Waals surface area contributed by atoms with Crippen LogP contribution in [0.15, 0.2) is 28.8 Å². The Labute approximate surface area is 128 Å². The molecule has 0 saturated carbocycles. The summed E-state index contributed by atoms with van der Waals surface area (Å²) in [6.45, 7) is 6.58. The number of hydrogen-bond donors (Lipinski definition) is 0. The summed E-state index contributed by atoms with van der Waals surface area (Å²) in [5, 5.41) is -0.168. The van der Waals surface area contributed by atoms with Crippen LogP contribution in [0, 0.1) is 6.92 Å². The van der Waals surface area contributed by atoms with Crippen LogP contribution < -0.4 is 0 Å². The Kier molecular flexibility index (Phi) is 3.72. The molecule has 4 nitrogen and oxygen atoms in total. The third-order valence-electron chi connectivity index (χ3n) is 3.53. The van der Waals surface area contributed by atoms with Crippen LogP contribution >= 0.6 is 11.6 Å². The molecule has 0 saturated heterocycles. The molecule has 5 heteroatoms. The fourth-order valence-corrected chi connectivity index (χ4v) is 2.61. The summed E-state index contributed by atoms with van der Waals surface area (Å²) in [5.41, 5.74) is 3.20. The smallest absolute Gasteiger partial charge is 0.214 e. The van der Waals surface area contributed by atoms with Crippen LogP contribution in [-0.2, 0) is 13.0 Å². The van der Waals surface area contributed by atoms with Gasteiger partial charge < -0.3 is 8.98 Å². The maximum atomic E-state index is 6.28. The monoisotopic (exact) mass is 303 g/mol. The van der Waals surface area contributed by atoms with Gasteiger partial charge in [0.2, 0.25) is 5.89 Å². The van der Waals surface area contributed by atoms with E-state index in [-0.39, 0.29) is 5.38 Å². The van der Waals surface area contributed by atoms with Crippen molar-refractivity contribution in [2.75, 3.05) is 0 Å². The fraction of sp³-hybridized carbons (Fsp3) is 0.375. The summed E-state index contributed by atoms with van der Waals surface area (Å²) >= 11 is 6.28. The van der Waals surface area contributed by atoms with Crippen molar-refractivity contribution in [3.63, 3.8) is 0 Å². The summed E-state index contributed by atoms with van der Waals surface area (Å²) in [5.74, 6) is 2.42. The summed E-state index contributed by atoms with van der Waals surface area (Å²) in [4.78, 5) is 8.99. The Bertz CT molecular complexity index is 773. The molecule has 110 valence electrons. The second-order valence-corrected chi connectivity index (χ2v) is 5.89. The molecule has 1 atom stereocenters. The molecule has 0 aliphatic rings. The molecule has 0 N–H and O–H groups in total. The van der Waals surface area contributed by atoms with Crippen molar-refractivity contribution in [1.82, 2.24) is 14.5 Å². The molecular weight excluding hydrogens is 286 g/mol. The maximum absolute atomic E-state index is 6.28. The van der Waals surface area contributed by atoms with Gasteiger partial charge >= 0.3 is 0 Å². The largest absolute Gasteiger partial charge is 0.444 e. The highest BCUT2D eigenvalue weighted by Crippen LogP contribution is 2.26. The molecule has 0 fully saturated rings. The topological polar surface area (TPSA) is 43.9 Å². The van der Waals surface area contributed by atoms with Crippen LogP contribution in [0.1, 0.15) is 42.3 Å². The molecule has 2 aromatic heterocycles.